The van der Waals surface area contributed by atoms with Crippen molar-refractivity contribution in [1.82, 2.24) is 0 Å². The fourth-order valence-corrected chi connectivity index (χ4v) is 1.59. The lowest BCUT2D eigenvalue weighted by atomic mass is 10.00. The molecule has 1 unspecified atom stereocenters. The van der Waals surface area contributed by atoms with Crippen LogP contribution in [0.5, 0.6) is 0 Å². The zero-order valence-corrected chi connectivity index (χ0v) is 10.3. The summed E-state index contributed by atoms with van der Waals surface area (Å²) in [4.78, 5) is 10.4. The predicted molar refractivity (Wildman–Crippen MR) is 53.2 cm³/mol. The second-order valence-corrected chi connectivity index (χ2v) is 4.95. The third kappa shape index (κ3) is 3.76. The van der Waals surface area contributed by atoms with E-state index in [4.69, 9.17) is 0 Å². The van der Waals surface area contributed by atoms with Gasteiger partial charge in [-0.1, -0.05) is 11.8 Å². The molecule has 0 heterocycles. The molecule has 0 aromatic rings. The SMILES string of the molecule is CC(=O)SCCC(F)C(F)(F)C(F)(F)C(C)(F)F. The van der Waals surface area contributed by atoms with Crippen molar-refractivity contribution >= 4 is 16.9 Å². The Balaban J connectivity index is 4.76. The van der Waals surface area contributed by atoms with Gasteiger partial charge < -0.3 is 0 Å². The molecule has 0 fully saturated rings. The van der Waals surface area contributed by atoms with Crippen LogP contribution < -0.4 is 0 Å². The van der Waals surface area contributed by atoms with Gasteiger partial charge in [-0.3, -0.25) is 4.79 Å². The van der Waals surface area contributed by atoms with Crippen molar-refractivity contribution in [2.45, 2.75) is 44.2 Å². The van der Waals surface area contributed by atoms with E-state index in [1.165, 1.54) is 0 Å². The first-order valence-corrected chi connectivity index (χ1v) is 5.73. The van der Waals surface area contributed by atoms with Gasteiger partial charge in [0.15, 0.2) is 11.3 Å². The number of carbonyl (C=O) groups excluding carboxylic acids is 1. The molecule has 0 aliphatic rings. The van der Waals surface area contributed by atoms with Crippen LogP contribution in [0.1, 0.15) is 20.3 Å². The Kier molecular flexibility index (Phi) is 5.52. The molecule has 0 aromatic heterocycles. The summed E-state index contributed by atoms with van der Waals surface area (Å²) in [6.45, 7) is 0.669. The number of alkyl halides is 7. The van der Waals surface area contributed by atoms with Gasteiger partial charge in [0.1, 0.15) is 0 Å². The van der Waals surface area contributed by atoms with E-state index in [1.807, 2.05) is 0 Å². The molecule has 1 atom stereocenters. The zero-order valence-electron chi connectivity index (χ0n) is 9.45. The van der Waals surface area contributed by atoms with Crippen molar-refractivity contribution in [3.8, 4) is 0 Å². The third-order valence-electron chi connectivity index (χ3n) is 2.04. The molecule has 108 valence electrons. The summed E-state index contributed by atoms with van der Waals surface area (Å²) in [7, 11) is 0. The van der Waals surface area contributed by atoms with Crippen LogP contribution in [-0.4, -0.2) is 34.8 Å². The van der Waals surface area contributed by atoms with Gasteiger partial charge in [0.2, 0.25) is 0 Å². The third-order valence-corrected chi connectivity index (χ3v) is 2.89. The molecule has 0 radical (unpaired) electrons. The van der Waals surface area contributed by atoms with Gasteiger partial charge in [-0.15, -0.1) is 0 Å². The van der Waals surface area contributed by atoms with Gasteiger partial charge in [-0.2, -0.15) is 26.3 Å². The monoisotopic (exact) mass is 300 g/mol. The first-order chi connectivity index (χ1) is 7.84. The van der Waals surface area contributed by atoms with E-state index in [0.29, 0.717) is 11.8 Å². The van der Waals surface area contributed by atoms with Gasteiger partial charge in [-0.25, -0.2) is 4.39 Å². The van der Waals surface area contributed by atoms with Crippen LogP contribution >= 0.6 is 11.8 Å². The Hall–Kier alpha value is -0.470. The molecular formula is C9H11F7OS. The van der Waals surface area contributed by atoms with Gasteiger partial charge in [0.05, 0.1) is 0 Å². The molecule has 0 amide bonds. The first kappa shape index (κ1) is 17.5. The van der Waals surface area contributed by atoms with E-state index in [0.717, 1.165) is 6.92 Å². The average Bonchev–Trinajstić information content (AvgIpc) is 2.14. The lowest BCUT2D eigenvalue weighted by Crippen LogP contribution is -2.57. The van der Waals surface area contributed by atoms with Crippen LogP contribution in [0.15, 0.2) is 0 Å². The predicted octanol–water partition coefficient (Wildman–Crippen LogP) is 3.92. The molecule has 0 aliphatic carbocycles. The van der Waals surface area contributed by atoms with Gasteiger partial charge in [0, 0.05) is 19.6 Å². The summed E-state index contributed by atoms with van der Waals surface area (Å²) in [5.74, 6) is -16.8. The van der Waals surface area contributed by atoms with Crippen molar-refractivity contribution in [2.24, 2.45) is 0 Å². The fourth-order valence-electron chi connectivity index (χ4n) is 0.977. The van der Waals surface area contributed by atoms with E-state index in [1.54, 1.807) is 0 Å². The van der Waals surface area contributed by atoms with E-state index >= 15 is 0 Å². The van der Waals surface area contributed by atoms with Crippen molar-refractivity contribution in [2.75, 3.05) is 5.75 Å². The summed E-state index contributed by atoms with van der Waals surface area (Å²) in [5, 5.41) is -0.516. The Morgan fingerprint density at radius 3 is 1.94 bits per heavy atom. The maximum absolute atomic E-state index is 13.0. The number of hydrogen-bond donors (Lipinski definition) is 0. The largest absolute Gasteiger partial charge is 0.374 e. The highest BCUT2D eigenvalue weighted by atomic mass is 32.2. The maximum Gasteiger partial charge on any atom is 0.374 e. The number of hydrogen-bond acceptors (Lipinski definition) is 2. The first-order valence-electron chi connectivity index (χ1n) is 4.75. The van der Waals surface area contributed by atoms with Crippen LogP contribution in [0.25, 0.3) is 0 Å². The molecule has 0 spiro atoms. The van der Waals surface area contributed by atoms with Crippen LogP contribution in [0, 0.1) is 0 Å². The van der Waals surface area contributed by atoms with Crippen molar-refractivity contribution < 1.29 is 35.5 Å². The fraction of sp³-hybridized carbons (Fsp3) is 0.889. The average molecular weight is 300 g/mol. The molecule has 0 rings (SSSR count). The molecule has 0 aromatic carbocycles. The molecule has 0 bridgehead atoms. The Bertz CT molecular complexity index is 300. The Morgan fingerprint density at radius 1 is 1.17 bits per heavy atom. The highest BCUT2D eigenvalue weighted by molar-refractivity contribution is 8.13. The van der Waals surface area contributed by atoms with Gasteiger partial charge in [0.25, 0.3) is 0 Å². The summed E-state index contributed by atoms with van der Waals surface area (Å²) in [6, 6.07) is 0. The van der Waals surface area contributed by atoms with Crippen LogP contribution in [-0.2, 0) is 4.79 Å². The number of halogens is 7. The highest BCUT2D eigenvalue weighted by Crippen LogP contribution is 2.48. The minimum atomic E-state index is -5.79. The van der Waals surface area contributed by atoms with E-state index in [-0.39, 0.29) is 0 Å². The van der Waals surface area contributed by atoms with Crippen molar-refractivity contribution in [1.29, 1.82) is 0 Å². The Labute approximate surface area is 103 Å². The van der Waals surface area contributed by atoms with Gasteiger partial charge in [-0.05, 0) is 6.42 Å². The van der Waals surface area contributed by atoms with Gasteiger partial charge >= 0.3 is 17.8 Å². The number of rotatable bonds is 6. The summed E-state index contributed by atoms with van der Waals surface area (Å²) >= 11 is 0.449. The lowest BCUT2D eigenvalue weighted by Gasteiger charge is -2.32. The van der Waals surface area contributed by atoms with E-state index in [2.05, 4.69) is 0 Å². The van der Waals surface area contributed by atoms with Crippen molar-refractivity contribution in [3.63, 3.8) is 0 Å². The molecule has 1 nitrogen and oxygen atoms in total. The quantitative estimate of drug-likeness (QED) is 0.692. The number of thioether (sulfide) groups is 1. The maximum atomic E-state index is 13.0. The molecule has 9 heteroatoms. The molecule has 0 N–H and O–H groups in total. The summed E-state index contributed by atoms with van der Waals surface area (Å²) in [6.07, 6.45) is -4.58. The second kappa shape index (κ2) is 5.66. The van der Waals surface area contributed by atoms with Crippen LogP contribution in [0.3, 0.4) is 0 Å². The van der Waals surface area contributed by atoms with Crippen molar-refractivity contribution in [3.05, 3.63) is 0 Å². The lowest BCUT2D eigenvalue weighted by molar-refractivity contribution is -0.319. The minimum absolute atomic E-state index is 0.405. The summed E-state index contributed by atoms with van der Waals surface area (Å²) < 4.78 is 89.0. The smallest absolute Gasteiger partial charge is 0.288 e. The molecule has 0 saturated heterocycles. The Morgan fingerprint density at radius 2 is 1.61 bits per heavy atom. The topological polar surface area (TPSA) is 17.1 Å². The van der Waals surface area contributed by atoms with E-state index < -0.39 is 48.2 Å². The zero-order chi connectivity index (χ0) is 14.8. The van der Waals surface area contributed by atoms with E-state index in [9.17, 15) is 35.5 Å². The summed E-state index contributed by atoms with van der Waals surface area (Å²) in [5.41, 5.74) is 0. The minimum Gasteiger partial charge on any atom is -0.288 e. The second-order valence-electron chi connectivity index (χ2n) is 3.68. The highest BCUT2D eigenvalue weighted by Gasteiger charge is 2.72. The van der Waals surface area contributed by atoms with Crippen LogP contribution in [0.4, 0.5) is 30.7 Å². The molecule has 0 aliphatic heterocycles. The molecule has 0 saturated carbocycles. The number of carbonyl (C=O) groups is 1. The van der Waals surface area contributed by atoms with Crippen LogP contribution in [0.2, 0.25) is 0 Å². The normalized spacial score (nSPS) is 15.6. The standard InChI is InChI=1S/C9H11F7OS/c1-5(17)18-4-3-6(10)8(13,14)9(15,16)7(2,11)12/h6H,3-4H2,1-2H3. The molecule has 18 heavy (non-hydrogen) atoms. The molecular weight excluding hydrogens is 289 g/mol.